The second-order valence-electron chi connectivity index (χ2n) is 4.16. The normalized spacial score (nSPS) is 13.0. The van der Waals surface area contributed by atoms with Crippen LogP contribution in [0.25, 0.3) is 0 Å². The molecule has 6 nitrogen and oxygen atoms in total. The van der Waals surface area contributed by atoms with Crippen LogP contribution in [0.4, 0.5) is 0 Å². The standard InChI is InChI=1S/C12H18N2O4S/c1-4-8(2)14-19(16,17)9-5-6-11(18-3)10(7-9)12(13)15/h5-8,14H,4H2,1-3H3,(H2,13,15)/t8-/m1/s1. The van der Waals surface area contributed by atoms with Crippen molar-refractivity contribution >= 4 is 15.9 Å². The van der Waals surface area contributed by atoms with Gasteiger partial charge in [-0.1, -0.05) is 6.92 Å². The van der Waals surface area contributed by atoms with Gasteiger partial charge in [-0.3, -0.25) is 4.79 Å². The first-order chi connectivity index (χ1) is 8.81. The highest BCUT2D eigenvalue weighted by molar-refractivity contribution is 7.89. The Bertz CT molecular complexity index is 569. The Labute approximate surface area is 113 Å². The molecule has 0 saturated carbocycles. The molecule has 3 N–H and O–H groups in total. The van der Waals surface area contributed by atoms with Crippen molar-refractivity contribution in [2.75, 3.05) is 7.11 Å². The third-order valence-electron chi connectivity index (χ3n) is 2.72. The van der Waals surface area contributed by atoms with Crippen molar-refractivity contribution in [1.82, 2.24) is 4.72 Å². The van der Waals surface area contributed by atoms with Crippen LogP contribution in [0.2, 0.25) is 0 Å². The van der Waals surface area contributed by atoms with E-state index in [1.807, 2.05) is 6.92 Å². The van der Waals surface area contributed by atoms with Gasteiger partial charge in [0.05, 0.1) is 17.6 Å². The summed E-state index contributed by atoms with van der Waals surface area (Å²) in [4.78, 5) is 11.3. The number of ether oxygens (including phenoxy) is 1. The number of amides is 1. The maximum absolute atomic E-state index is 12.1. The van der Waals surface area contributed by atoms with Crippen molar-refractivity contribution in [3.8, 4) is 5.75 Å². The largest absolute Gasteiger partial charge is 0.496 e. The van der Waals surface area contributed by atoms with E-state index in [0.717, 1.165) is 0 Å². The van der Waals surface area contributed by atoms with Crippen molar-refractivity contribution in [2.24, 2.45) is 5.73 Å². The Morgan fingerprint density at radius 2 is 2.11 bits per heavy atom. The molecule has 1 aromatic rings. The third-order valence-corrected chi connectivity index (χ3v) is 4.30. The van der Waals surface area contributed by atoms with Gasteiger partial charge in [-0.25, -0.2) is 13.1 Å². The lowest BCUT2D eigenvalue weighted by Gasteiger charge is -2.13. The molecule has 0 aliphatic rings. The highest BCUT2D eigenvalue weighted by Gasteiger charge is 2.19. The van der Waals surface area contributed by atoms with E-state index >= 15 is 0 Å². The Balaban J connectivity index is 3.22. The second kappa shape index (κ2) is 6.03. The van der Waals surface area contributed by atoms with E-state index in [9.17, 15) is 13.2 Å². The first-order valence-electron chi connectivity index (χ1n) is 5.82. The Morgan fingerprint density at radius 3 is 2.58 bits per heavy atom. The molecule has 1 amide bonds. The van der Waals surface area contributed by atoms with E-state index in [0.29, 0.717) is 6.42 Å². The molecule has 0 bridgehead atoms. The lowest BCUT2D eigenvalue weighted by atomic mass is 10.2. The van der Waals surface area contributed by atoms with Gasteiger partial charge in [0.25, 0.3) is 5.91 Å². The zero-order chi connectivity index (χ0) is 14.6. The predicted octanol–water partition coefficient (Wildman–Crippen LogP) is 0.871. The molecule has 0 radical (unpaired) electrons. The number of hydrogen-bond acceptors (Lipinski definition) is 4. The average Bonchev–Trinajstić information content (AvgIpc) is 2.37. The van der Waals surface area contributed by atoms with Crippen LogP contribution in [-0.4, -0.2) is 27.5 Å². The summed E-state index contributed by atoms with van der Waals surface area (Å²) in [7, 11) is -2.28. The number of hydrogen-bond donors (Lipinski definition) is 2. The lowest BCUT2D eigenvalue weighted by Crippen LogP contribution is -2.32. The lowest BCUT2D eigenvalue weighted by molar-refractivity contribution is 0.0997. The van der Waals surface area contributed by atoms with Gasteiger partial charge in [-0.05, 0) is 31.5 Å². The molecule has 1 rings (SSSR count). The Kier molecular flexibility index (Phi) is 4.90. The molecule has 0 aliphatic carbocycles. The highest BCUT2D eigenvalue weighted by atomic mass is 32.2. The molecule has 7 heteroatoms. The summed E-state index contributed by atoms with van der Waals surface area (Å²) in [5, 5.41) is 0. The van der Waals surface area contributed by atoms with Gasteiger partial charge in [0, 0.05) is 6.04 Å². The minimum absolute atomic E-state index is 0.0117. The van der Waals surface area contributed by atoms with Gasteiger partial charge in [0.1, 0.15) is 5.75 Å². The summed E-state index contributed by atoms with van der Waals surface area (Å²) in [6, 6.07) is 3.80. The summed E-state index contributed by atoms with van der Waals surface area (Å²) in [6.45, 7) is 3.63. The van der Waals surface area contributed by atoms with E-state index in [1.54, 1.807) is 6.92 Å². The Hall–Kier alpha value is -1.60. The molecular formula is C12H18N2O4S. The fourth-order valence-electron chi connectivity index (χ4n) is 1.46. The maximum atomic E-state index is 12.1. The number of nitrogens with one attached hydrogen (secondary N) is 1. The van der Waals surface area contributed by atoms with Crippen molar-refractivity contribution in [2.45, 2.75) is 31.2 Å². The zero-order valence-corrected chi connectivity index (χ0v) is 12.0. The second-order valence-corrected chi connectivity index (χ2v) is 5.87. The molecule has 0 unspecified atom stereocenters. The van der Waals surface area contributed by atoms with Crippen LogP contribution in [0.1, 0.15) is 30.6 Å². The summed E-state index contributed by atoms with van der Waals surface area (Å²) in [6.07, 6.45) is 0.665. The number of primary amides is 1. The van der Waals surface area contributed by atoms with E-state index in [-0.39, 0.29) is 22.3 Å². The molecule has 0 aliphatic heterocycles. The predicted molar refractivity (Wildman–Crippen MR) is 71.6 cm³/mol. The molecule has 106 valence electrons. The van der Waals surface area contributed by atoms with E-state index < -0.39 is 15.9 Å². The smallest absolute Gasteiger partial charge is 0.252 e. The molecule has 0 spiro atoms. The molecule has 1 aromatic carbocycles. The first kappa shape index (κ1) is 15.5. The Morgan fingerprint density at radius 1 is 1.47 bits per heavy atom. The van der Waals surface area contributed by atoms with Crippen LogP contribution < -0.4 is 15.2 Å². The topological polar surface area (TPSA) is 98.5 Å². The van der Waals surface area contributed by atoms with Crippen LogP contribution in [-0.2, 0) is 10.0 Å². The van der Waals surface area contributed by atoms with Crippen LogP contribution in [0.15, 0.2) is 23.1 Å². The molecular weight excluding hydrogens is 268 g/mol. The molecule has 0 aromatic heterocycles. The van der Waals surface area contributed by atoms with Crippen molar-refractivity contribution in [3.05, 3.63) is 23.8 Å². The minimum atomic E-state index is -3.67. The maximum Gasteiger partial charge on any atom is 0.252 e. The van der Waals surface area contributed by atoms with Crippen molar-refractivity contribution < 1.29 is 17.9 Å². The molecule has 1 atom stereocenters. The number of rotatable bonds is 6. The van der Waals surface area contributed by atoms with Crippen LogP contribution in [0.3, 0.4) is 0 Å². The number of carbonyl (C=O) groups is 1. The SMILES string of the molecule is CC[C@@H](C)NS(=O)(=O)c1ccc(OC)c(C(N)=O)c1. The first-order valence-corrected chi connectivity index (χ1v) is 7.30. The molecule has 0 saturated heterocycles. The molecule has 0 heterocycles. The summed E-state index contributed by atoms with van der Waals surface area (Å²) < 4.78 is 31.6. The van der Waals surface area contributed by atoms with E-state index in [1.165, 1.54) is 25.3 Å². The van der Waals surface area contributed by atoms with Gasteiger partial charge in [-0.15, -0.1) is 0 Å². The summed E-state index contributed by atoms with van der Waals surface area (Å²) in [5.41, 5.74) is 5.23. The fourth-order valence-corrected chi connectivity index (χ4v) is 2.82. The third kappa shape index (κ3) is 3.68. The van der Waals surface area contributed by atoms with Crippen molar-refractivity contribution in [3.63, 3.8) is 0 Å². The monoisotopic (exact) mass is 286 g/mol. The fraction of sp³-hybridized carbons (Fsp3) is 0.417. The zero-order valence-electron chi connectivity index (χ0n) is 11.1. The van der Waals surface area contributed by atoms with E-state index in [4.69, 9.17) is 10.5 Å². The quantitative estimate of drug-likeness (QED) is 0.810. The number of benzene rings is 1. The van der Waals surface area contributed by atoms with Crippen molar-refractivity contribution in [1.29, 1.82) is 0 Å². The van der Waals surface area contributed by atoms with Gasteiger partial charge in [0.2, 0.25) is 10.0 Å². The van der Waals surface area contributed by atoms with E-state index in [2.05, 4.69) is 4.72 Å². The number of methoxy groups -OCH3 is 1. The van der Waals surface area contributed by atoms with Gasteiger partial charge < -0.3 is 10.5 Å². The average molecular weight is 286 g/mol. The van der Waals surface area contributed by atoms with Gasteiger partial charge in [0.15, 0.2) is 0 Å². The highest BCUT2D eigenvalue weighted by Crippen LogP contribution is 2.22. The molecule has 0 fully saturated rings. The minimum Gasteiger partial charge on any atom is -0.496 e. The van der Waals surface area contributed by atoms with Crippen LogP contribution in [0, 0.1) is 0 Å². The number of carbonyl (C=O) groups excluding carboxylic acids is 1. The summed E-state index contributed by atoms with van der Waals surface area (Å²) >= 11 is 0. The number of nitrogens with two attached hydrogens (primary N) is 1. The van der Waals surface area contributed by atoms with Gasteiger partial charge in [-0.2, -0.15) is 0 Å². The molecule has 19 heavy (non-hydrogen) atoms. The van der Waals surface area contributed by atoms with Crippen LogP contribution in [0.5, 0.6) is 5.75 Å². The number of sulfonamides is 1. The van der Waals surface area contributed by atoms with Crippen LogP contribution >= 0.6 is 0 Å². The summed E-state index contributed by atoms with van der Waals surface area (Å²) in [5.74, 6) is -0.493. The van der Waals surface area contributed by atoms with Gasteiger partial charge >= 0.3 is 0 Å².